The maximum absolute atomic E-state index is 12.8. The highest BCUT2D eigenvalue weighted by molar-refractivity contribution is 5.96. The Morgan fingerprint density at radius 1 is 1.23 bits per heavy atom. The van der Waals surface area contributed by atoms with Crippen LogP contribution in [-0.4, -0.2) is 42.6 Å². The van der Waals surface area contributed by atoms with Crippen molar-refractivity contribution in [2.75, 3.05) is 6.54 Å². The Morgan fingerprint density at radius 3 is 2.60 bits per heavy atom. The maximum Gasteiger partial charge on any atom is 0.244 e. The van der Waals surface area contributed by atoms with E-state index in [-0.39, 0.29) is 30.1 Å². The summed E-state index contributed by atoms with van der Waals surface area (Å²) >= 11 is 0. The fourth-order valence-corrected chi connectivity index (χ4v) is 3.43. The molecule has 0 spiro atoms. The average Bonchev–Trinajstić information content (AvgIpc) is 2.77. The topological polar surface area (TPSA) is 104 Å². The van der Waals surface area contributed by atoms with Crippen LogP contribution in [0.4, 0.5) is 0 Å². The van der Waals surface area contributed by atoms with Gasteiger partial charge in [-0.3, -0.25) is 14.4 Å². The molecule has 2 rings (SSSR count). The van der Waals surface area contributed by atoms with Gasteiger partial charge in [0.1, 0.15) is 12.3 Å². The Bertz CT molecular complexity index is 763. The van der Waals surface area contributed by atoms with E-state index in [0.717, 1.165) is 12.0 Å². The number of hydrogen-bond donors (Lipinski definition) is 3. The molecule has 0 bridgehead atoms. The van der Waals surface area contributed by atoms with E-state index in [1.807, 2.05) is 44.2 Å². The van der Waals surface area contributed by atoms with E-state index in [4.69, 9.17) is 0 Å². The number of aldehydes is 1. The van der Waals surface area contributed by atoms with Crippen molar-refractivity contribution in [3.63, 3.8) is 0 Å². The van der Waals surface area contributed by atoms with Gasteiger partial charge in [-0.1, -0.05) is 50.6 Å². The Balaban J connectivity index is 1.99. The first kappa shape index (κ1) is 23.3. The van der Waals surface area contributed by atoms with E-state index < -0.39 is 18.0 Å². The molecule has 1 aliphatic heterocycles. The van der Waals surface area contributed by atoms with E-state index in [1.54, 1.807) is 6.08 Å². The molecule has 162 valence electrons. The molecule has 1 heterocycles. The summed E-state index contributed by atoms with van der Waals surface area (Å²) < 4.78 is 0. The highest BCUT2D eigenvalue weighted by Gasteiger charge is 2.30. The van der Waals surface area contributed by atoms with Crippen LogP contribution < -0.4 is 16.0 Å². The molecule has 1 aromatic rings. The quantitative estimate of drug-likeness (QED) is 0.402. The van der Waals surface area contributed by atoms with E-state index >= 15 is 0 Å². The van der Waals surface area contributed by atoms with Crippen molar-refractivity contribution in [3.05, 3.63) is 42.0 Å². The Labute approximate surface area is 177 Å². The monoisotopic (exact) mass is 413 g/mol. The third-order valence-electron chi connectivity index (χ3n) is 5.45. The molecule has 1 aliphatic rings. The lowest BCUT2D eigenvalue weighted by atomic mass is 9.91. The van der Waals surface area contributed by atoms with Crippen molar-refractivity contribution in [3.8, 4) is 0 Å². The number of hydrogen-bond acceptors (Lipinski definition) is 4. The largest absolute Gasteiger partial charge is 0.356 e. The fraction of sp³-hybridized carbons (Fsp3) is 0.478. The van der Waals surface area contributed by atoms with E-state index in [1.165, 1.54) is 6.08 Å². The molecule has 1 saturated heterocycles. The van der Waals surface area contributed by atoms with E-state index in [2.05, 4.69) is 16.0 Å². The van der Waals surface area contributed by atoms with Gasteiger partial charge in [-0.2, -0.15) is 0 Å². The standard InChI is InChI=1S/C23H31N3O4/c1-3-16(2)21(26-20(28)12-11-17-8-5-4-6-9-17)23(30)25-19(15-27)14-18-10-7-13-24-22(18)29/h4-6,8-9,11-12,15-16,18-19,21H,3,7,10,13-14H2,1-2H3,(H,24,29)(H,25,30)(H,26,28)/b12-11+/t16-,18-,19-,21-/m0/s1. The smallest absolute Gasteiger partial charge is 0.244 e. The van der Waals surface area contributed by atoms with Crippen LogP contribution in [-0.2, 0) is 19.2 Å². The van der Waals surface area contributed by atoms with Gasteiger partial charge in [-0.25, -0.2) is 0 Å². The summed E-state index contributed by atoms with van der Waals surface area (Å²) in [5, 5.41) is 8.24. The molecule has 1 fully saturated rings. The molecular weight excluding hydrogens is 382 g/mol. The first-order chi connectivity index (χ1) is 14.4. The van der Waals surface area contributed by atoms with Crippen LogP contribution in [0.1, 0.15) is 45.1 Å². The predicted molar refractivity (Wildman–Crippen MR) is 115 cm³/mol. The van der Waals surface area contributed by atoms with Crippen molar-refractivity contribution in [1.82, 2.24) is 16.0 Å². The lowest BCUT2D eigenvalue weighted by Crippen LogP contribution is -2.53. The molecule has 7 heteroatoms. The molecule has 4 atom stereocenters. The summed E-state index contributed by atoms with van der Waals surface area (Å²) in [7, 11) is 0. The Morgan fingerprint density at radius 2 is 1.97 bits per heavy atom. The van der Waals surface area contributed by atoms with E-state index in [0.29, 0.717) is 25.7 Å². The highest BCUT2D eigenvalue weighted by atomic mass is 16.2. The molecule has 0 unspecified atom stereocenters. The minimum atomic E-state index is -0.773. The van der Waals surface area contributed by atoms with Crippen LogP contribution in [0.2, 0.25) is 0 Å². The number of amides is 3. The SMILES string of the molecule is CC[C@H](C)[C@H](NC(=O)/C=C/c1ccccc1)C(=O)N[C@H](C=O)C[C@@H]1CCCNC1=O. The van der Waals surface area contributed by atoms with Crippen LogP contribution in [0.3, 0.4) is 0 Å². The maximum atomic E-state index is 12.8. The lowest BCUT2D eigenvalue weighted by Gasteiger charge is -2.27. The summed E-state index contributed by atoms with van der Waals surface area (Å²) in [5.41, 5.74) is 0.879. The van der Waals surface area contributed by atoms with Crippen molar-refractivity contribution in [1.29, 1.82) is 0 Å². The van der Waals surface area contributed by atoms with Crippen molar-refractivity contribution in [2.24, 2.45) is 11.8 Å². The van der Waals surface area contributed by atoms with Crippen LogP contribution in [0.15, 0.2) is 36.4 Å². The van der Waals surface area contributed by atoms with Gasteiger partial charge in [0.25, 0.3) is 0 Å². The van der Waals surface area contributed by atoms with Crippen LogP contribution in [0.5, 0.6) is 0 Å². The summed E-state index contributed by atoms with van der Waals surface area (Å²) in [6.07, 6.45) is 6.22. The zero-order chi connectivity index (χ0) is 21.9. The predicted octanol–water partition coefficient (Wildman–Crippen LogP) is 1.83. The van der Waals surface area contributed by atoms with Crippen molar-refractivity contribution >= 4 is 30.1 Å². The average molecular weight is 414 g/mol. The number of rotatable bonds is 10. The second-order valence-corrected chi connectivity index (χ2v) is 7.73. The molecule has 0 saturated carbocycles. The van der Waals surface area contributed by atoms with Gasteiger partial charge < -0.3 is 20.7 Å². The number of piperidine rings is 1. The normalized spacial score (nSPS) is 19.4. The number of carbonyl (C=O) groups excluding carboxylic acids is 4. The molecule has 0 radical (unpaired) electrons. The molecule has 0 aliphatic carbocycles. The molecule has 1 aromatic carbocycles. The summed E-state index contributed by atoms with van der Waals surface area (Å²) in [4.78, 5) is 48.7. The molecule has 3 amide bonds. The van der Waals surface area contributed by atoms with Crippen molar-refractivity contribution < 1.29 is 19.2 Å². The van der Waals surface area contributed by atoms with Gasteiger partial charge in [0.05, 0.1) is 6.04 Å². The molecule has 30 heavy (non-hydrogen) atoms. The first-order valence-electron chi connectivity index (χ1n) is 10.5. The third kappa shape index (κ3) is 7.13. The Hall–Kier alpha value is -2.96. The summed E-state index contributed by atoms with van der Waals surface area (Å²) in [6, 6.07) is 7.84. The minimum absolute atomic E-state index is 0.0832. The third-order valence-corrected chi connectivity index (χ3v) is 5.45. The molecular formula is C23H31N3O4. The molecule has 3 N–H and O–H groups in total. The first-order valence-corrected chi connectivity index (χ1v) is 10.5. The molecule has 0 aromatic heterocycles. The Kier molecular flexibility index (Phi) is 9.25. The summed E-state index contributed by atoms with van der Waals surface area (Å²) in [5.74, 6) is -1.29. The van der Waals surface area contributed by atoms with Crippen LogP contribution in [0.25, 0.3) is 6.08 Å². The van der Waals surface area contributed by atoms with Gasteiger partial charge >= 0.3 is 0 Å². The van der Waals surface area contributed by atoms with Crippen LogP contribution >= 0.6 is 0 Å². The zero-order valence-corrected chi connectivity index (χ0v) is 17.6. The highest BCUT2D eigenvalue weighted by Crippen LogP contribution is 2.17. The van der Waals surface area contributed by atoms with Gasteiger partial charge in [0, 0.05) is 18.5 Å². The number of nitrogens with one attached hydrogen (secondary N) is 3. The van der Waals surface area contributed by atoms with Gasteiger partial charge in [-0.05, 0) is 36.8 Å². The second-order valence-electron chi connectivity index (χ2n) is 7.73. The second kappa shape index (κ2) is 11.9. The van der Waals surface area contributed by atoms with Crippen LogP contribution in [0, 0.1) is 11.8 Å². The fourth-order valence-electron chi connectivity index (χ4n) is 3.43. The number of benzene rings is 1. The van der Waals surface area contributed by atoms with E-state index in [9.17, 15) is 19.2 Å². The van der Waals surface area contributed by atoms with Crippen molar-refractivity contribution in [2.45, 2.75) is 51.6 Å². The molecule has 7 nitrogen and oxygen atoms in total. The number of carbonyl (C=O) groups is 4. The van der Waals surface area contributed by atoms with Gasteiger partial charge in [0.15, 0.2) is 0 Å². The summed E-state index contributed by atoms with van der Waals surface area (Å²) in [6.45, 7) is 4.45. The van der Waals surface area contributed by atoms with Gasteiger partial charge in [0.2, 0.25) is 17.7 Å². The van der Waals surface area contributed by atoms with Gasteiger partial charge in [-0.15, -0.1) is 0 Å². The lowest BCUT2D eigenvalue weighted by molar-refractivity contribution is -0.131. The zero-order valence-electron chi connectivity index (χ0n) is 17.6. The minimum Gasteiger partial charge on any atom is -0.356 e.